The molecule has 0 aliphatic carbocycles. The monoisotopic (exact) mass is 377 g/mol. The van der Waals surface area contributed by atoms with E-state index in [1.54, 1.807) is 20.9 Å². The van der Waals surface area contributed by atoms with Crippen LogP contribution in [0.4, 0.5) is 8.78 Å². The molecule has 7 nitrogen and oxygen atoms in total. The maximum absolute atomic E-state index is 13.3. The van der Waals surface area contributed by atoms with E-state index in [1.165, 1.54) is 28.0 Å². The number of carbonyl (C=O) groups is 2. The number of nitriles is 1. The number of rotatable bonds is 1. The normalized spacial score (nSPS) is 33.9. The number of amides is 2. The third-order valence-electron chi connectivity index (χ3n) is 5.66. The molecule has 0 spiro atoms. The zero-order valence-corrected chi connectivity index (χ0v) is 14.9. The van der Waals surface area contributed by atoms with Gasteiger partial charge in [-0.3, -0.25) is 9.59 Å². The molecule has 0 saturated carbocycles. The molecule has 0 bridgehead atoms. The van der Waals surface area contributed by atoms with Crippen molar-refractivity contribution in [2.24, 2.45) is 5.41 Å². The number of ether oxygens (including phenoxy) is 2. The molecule has 3 heterocycles. The molecule has 3 aliphatic rings. The highest BCUT2D eigenvalue weighted by atomic mass is 19.3. The lowest BCUT2D eigenvalue weighted by Gasteiger charge is -2.42. The van der Waals surface area contributed by atoms with Crippen LogP contribution >= 0.6 is 0 Å². The number of carbonyl (C=O) groups excluding carboxylic acids is 2. The van der Waals surface area contributed by atoms with Crippen LogP contribution in [0.15, 0.2) is 18.2 Å². The van der Waals surface area contributed by atoms with E-state index < -0.39 is 29.8 Å². The molecule has 9 heteroatoms. The van der Waals surface area contributed by atoms with Crippen LogP contribution in [0.5, 0.6) is 11.5 Å². The molecule has 27 heavy (non-hydrogen) atoms. The first kappa shape index (κ1) is 17.5. The Balaban J connectivity index is 1.81. The molecule has 4 unspecified atom stereocenters. The number of hydrogen-bond donors (Lipinski definition) is 0. The van der Waals surface area contributed by atoms with E-state index in [0.29, 0.717) is 5.56 Å². The number of likely N-dealkylation sites (N-methyl/N-ethyl adjacent to an activating group) is 1. The van der Waals surface area contributed by atoms with E-state index in [4.69, 9.17) is 0 Å². The molecule has 142 valence electrons. The van der Waals surface area contributed by atoms with Crippen LogP contribution in [-0.2, 0) is 9.59 Å². The van der Waals surface area contributed by atoms with E-state index in [0.717, 1.165) is 0 Å². The summed E-state index contributed by atoms with van der Waals surface area (Å²) in [5.74, 6) is -0.805. The van der Waals surface area contributed by atoms with E-state index in [9.17, 15) is 23.6 Å². The predicted molar refractivity (Wildman–Crippen MR) is 86.6 cm³/mol. The summed E-state index contributed by atoms with van der Waals surface area (Å²) >= 11 is 0. The largest absolute Gasteiger partial charge is 0.586 e. The van der Waals surface area contributed by atoms with Gasteiger partial charge in [0.05, 0.1) is 17.5 Å². The van der Waals surface area contributed by atoms with Gasteiger partial charge in [-0.15, -0.1) is 8.78 Å². The molecule has 0 radical (unpaired) electrons. The molecule has 2 saturated heterocycles. The molecular formula is C18H17F2N3O4. The van der Waals surface area contributed by atoms with Gasteiger partial charge in [0.2, 0.25) is 11.8 Å². The zero-order chi connectivity index (χ0) is 19.7. The Morgan fingerprint density at radius 3 is 2.56 bits per heavy atom. The lowest BCUT2D eigenvalue weighted by molar-refractivity contribution is -0.286. The Bertz CT molecular complexity index is 899. The molecule has 4 atom stereocenters. The fourth-order valence-electron chi connectivity index (χ4n) is 4.16. The third kappa shape index (κ3) is 2.36. The Morgan fingerprint density at radius 2 is 1.89 bits per heavy atom. The topological polar surface area (TPSA) is 82.9 Å². The summed E-state index contributed by atoms with van der Waals surface area (Å²) in [4.78, 5) is 28.4. The number of nitrogens with zero attached hydrogens (tertiary/aromatic N) is 3. The first-order valence-corrected chi connectivity index (χ1v) is 8.48. The van der Waals surface area contributed by atoms with Crippen molar-refractivity contribution in [3.8, 4) is 17.6 Å². The summed E-state index contributed by atoms with van der Waals surface area (Å²) < 4.78 is 35.6. The highest BCUT2D eigenvalue weighted by molar-refractivity contribution is 5.97. The van der Waals surface area contributed by atoms with Gasteiger partial charge in [-0.05, 0) is 38.0 Å². The fourth-order valence-corrected chi connectivity index (χ4v) is 4.16. The second-order valence-corrected chi connectivity index (χ2v) is 7.40. The van der Waals surface area contributed by atoms with E-state index in [-0.39, 0.29) is 29.7 Å². The maximum Gasteiger partial charge on any atom is 0.586 e. The summed E-state index contributed by atoms with van der Waals surface area (Å²) in [5.41, 5.74) is -0.614. The van der Waals surface area contributed by atoms with Gasteiger partial charge >= 0.3 is 6.29 Å². The quantitative estimate of drug-likeness (QED) is 0.748. The van der Waals surface area contributed by atoms with Crippen LogP contribution in [0.2, 0.25) is 0 Å². The highest BCUT2D eigenvalue weighted by Gasteiger charge is 2.59. The van der Waals surface area contributed by atoms with Crippen molar-refractivity contribution >= 4 is 11.8 Å². The highest BCUT2D eigenvalue weighted by Crippen LogP contribution is 2.53. The van der Waals surface area contributed by atoms with E-state index in [2.05, 4.69) is 15.5 Å². The van der Waals surface area contributed by atoms with Gasteiger partial charge in [0.1, 0.15) is 12.1 Å². The summed E-state index contributed by atoms with van der Waals surface area (Å²) in [6.45, 7) is 3.29. The summed E-state index contributed by atoms with van der Waals surface area (Å²) in [7, 11) is 1.56. The maximum atomic E-state index is 13.3. The minimum Gasteiger partial charge on any atom is -0.395 e. The van der Waals surface area contributed by atoms with Crippen molar-refractivity contribution in [3.63, 3.8) is 0 Å². The van der Waals surface area contributed by atoms with Crippen molar-refractivity contribution in [1.29, 1.82) is 5.26 Å². The Kier molecular flexibility index (Phi) is 3.45. The summed E-state index contributed by atoms with van der Waals surface area (Å²) in [5, 5.41) is 9.80. The van der Waals surface area contributed by atoms with Gasteiger partial charge in [0.15, 0.2) is 11.5 Å². The molecule has 2 amide bonds. The molecule has 0 N–H and O–H groups in total. The molecule has 3 aliphatic heterocycles. The van der Waals surface area contributed by atoms with Crippen LogP contribution in [-0.4, -0.2) is 47.0 Å². The van der Waals surface area contributed by atoms with Gasteiger partial charge in [-0.25, -0.2) is 0 Å². The Labute approximate surface area is 154 Å². The van der Waals surface area contributed by atoms with Crippen molar-refractivity contribution < 1.29 is 27.8 Å². The van der Waals surface area contributed by atoms with Gasteiger partial charge < -0.3 is 19.3 Å². The Hall–Kier alpha value is -2.89. The molecule has 2 fully saturated rings. The van der Waals surface area contributed by atoms with Crippen LogP contribution in [0.1, 0.15) is 31.9 Å². The van der Waals surface area contributed by atoms with Crippen LogP contribution in [0, 0.1) is 16.7 Å². The summed E-state index contributed by atoms with van der Waals surface area (Å²) in [6, 6.07) is 4.21. The third-order valence-corrected chi connectivity index (χ3v) is 5.66. The van der Waals surface area contributed by atoms with Gasteiger partial charge in [0.25, 0.3) is 0 Å². The SMILES string of the molecule is CC1C(=O)N2C(CC(C)(C#N)C2c2ccc3c(c2)OC(F)(F)O3)C(=O)N1C. The van der Waals surface area contributed by atoms with Gasteiger partial charge in [0, 0.05) is 7.05 Å². The number of fused-ring (bicyclic) bond motifs is 2. The Morgan fingerprint density at radius 1 is 1.22 bits per heavy atom. The predicted octanol–water partition coefficient (Wildman–Crippen LogP) is 2.04. The lowest BCUT2D eigenvalue weighted by atomic mass is 9.79. The number of hydrogen-bond acceptors (Lipinski definition) is 5. The molecular weight excluding hydrogens is 360 g/mol. The lowest BCUT2D eigenvalue weighted by Crippen LogP contribution is -2.60. The van der Waals surface area contributed by atoms with Crippen molar-refractivity contribution in [1.82, 2.24) is 9.80 Å². The van der Waals surface area contributed by atoms with Crippen molar-refractivity contribution in [2.75, 3.05) is 7.05 Å². The van der Waals surface area contributed by atoms with Gasteiger partial charge in [-0.2, -0.15) is 5.26 Å². The van der Waals surface area contributed by atoms with Crippen LogP contribution < -0.4 is 9.47 Å². The number of piperazine rings is 1. The van der Waals surface area contributed by atoms with Crippen molar-refractivity contribution in [2.45, 2.75) is 44.7 Å². The average molecular weight is 377 g/mol. The number of alkyl halides is 2. The second-order valence-electron chi connectivity index (χ2n) is 7.40. The minimum atomic E-state index is -3.76. The van der Waals surface area contributed by atoms with Gasteiger partial charge in [-0.1, -0.05) is 6.07 Å². The second kappa shape index (κ2) is 5.31. The number of halogens is 2. The van der Waals surface area contributed by atoms with E-state index >= 15 is 0 Å². The summed E-state index contributed by atoms with van der Waals surface area (Å²) in [6.07, 6.45) is -3.59. The van der Waals surface area contributed by atoms with Crippen LogP contribution in [0.25, 0.3) is 0 Å². The fraction of sp³-hybridized carbons (Fsp3) is 0.500. The first-order valence-electron chi connectivity index (χ1n) is 8.48. The van der Waals surface area contributed by atoms with Crippen molar-refractivity contribution in [3.05, 3.63) is 23.8 Å². The minimum absolute atomic E-state index is 0.119. The average Bonchev–Trinajstić information content (AvgIpc) is 3.10. The first-order chi connectivity index (χ1) is 12.6. The molecule has 4 rings (SSSR count). The standard InChI is InChI=1S/C18H17F2N3O4/c1-9-15(24)23-11(16(25)22(9)3)7-17(2,8-21)14(23)10-4-5-12-13(6-10)27-18(19,20)26-12/h4-6,9,11,14H,7H2,1-3H3. The van der Waals surface area contributed by atoms with E-state index in [1.807, 2.05) is 0 Å². The molecule has 1 aromatic rings. The zero-order valence-electron chi connectivity index (χ0n) is 14.9. The van der Waals surface area contributed by atoms with Crippen LogP contribution in [0.3, 0.4) is 0 Å². The number of benzene rings is 1. The smallest absolute Gasteiger partial charge is 0.395 e. The molecule has 1 aromatic carbocycles. The molecule has 0 aromatic heterocycles.